The maximum Gasteiger partial charge on any atom is 0.0764 e. The summed E-state index contributed by atoms with van der Waals surface area (Å²) in [5.41, 5.74) is 7.39. The highest BCUT2D eigenvalue weighted by molar-refractivity contribution is 5.85. The van der Waals surface area contributed by atoms with Crippen LogP contribution in [-0.4, -0.2) is 12.1 Å². The van der Waals surface area contributed by atoms with Crippen LogP contribution >= 0.6 is 12.4 Å². The Morgan fingerprint density at radius 1 is 1.12 bits per heavy atom. The Morgan fingerprint density at radius 2 is 1.82 bits per heavy atom. The van der Waals surface area contributed by atoms with Crippen LogP contribution in [0, 0.1) is 11.8 Å². The topological polar surface area (TPSA) is 35.2 Å². The highest BCUT2D eigenvalue weighted by Gasteiger charge is 2.51. The van der Waals surface area contributed by atoms with Gasteiger partial charge in [0.05, 0.1) is 12.7 Å². The van der Waals surface area contributed by atoms with E-state index in [9.17, 15) is 0 Å². The molecule has 2 fully saturated rings. The molecule has 2 N–H and O–H groups in total. The molecular weight excluding hydrogens is 234 g/mol. The molecule has 94 valence electrons. The second-order valence-corrected chi connectivity index (χ2v) is 5.10. The summed E-state index contributed by atoms with van der Waals surface area (Å²) in [6.45, 7) is 0.711. The zero-order valence-corrected chi connectivity index (χ0v) is 10.7. The third-order valence-corrected chi connectivity index (χ3v) is 4.21. The Kier molecular flexibility index (Phi) is 4.08. The van der Waals surface area contributed by atoms with Crippen molar-refractivity contribution in [2.75, 3.05) is 0 Å². The van der Waals surface area contributed by atoms with Crippen LogP contribution in [0.4, 0.5) is 0 Å². The first-order valence-electron chi connectivity index (χ1n) is 6.27. The Labute approximate surface area is 109 Å². The van der Waals surface area contributed by atoms with Gasteiger partial charge in [-0.15, -0.1) is 12.4 Å². The molecule has 3 rings (SSSR count). The van der Waals surface area contributed by atoms with E-state index in [-0.39, 0.29) is 18.4 Å². The summed E-state index contributed by atoms with van der Waals surface area (Å²) >= 11 is 0. The minimum Gasteiger partial charge on any atom is -0.372 e. The fourth-order valence-electron chi connectivity index (χ4n) is 3.29. The number of hydrogen-bond acceptors (Lipinski definition) is 2. The van der Waals surface area contributed by atoms with Gasteiger partial charge in [0.1, 0.15) is 0 Å². The number of fused-ring (bicyclic) bond motifs is 1. The van der Waals surface area contributed by atoms with Crippen molar-refractivity contribution in [1.82, 2.24) is 0 Å². The number of benzene rings is 1. The van der Waals surface area contributed by atoms with Gasteiger partial charge in [0.2, 0.25) is 0 Å². The summed E-state index contributed by atoms with van der Waals surface area (Å²) in [4.78, 5) is 0. The Hall–Kier alpha value is -0.570. The van der Waals surface area contributed by atoms with E-state index in [4.69, 9.17) is 10.5 Å². The lowest BCUT2D eigenvalue weighted by atomic mass is 9.69. The first kappa shape index (κ1) is 12.9. The van der Waals surface area contributed by atoms with Crippen LogP contribution in [0.5, 0.6) is 0 Å². The number of nitrogens with two attached hydrogens (primary N) is 1. The number of ether oxygens (including phenoxy) is 1. The van der Waals surface area contributed by atoms with E-state index in [2.05, 4.69) is 24.3 Å². The lowest BCUT2D eigenvalue weighted by Crippen LogP contribution is -2.59. The van der Waals surface area contributed by atoms with Gasteiger partial charge in [-0.05, 0) is 30.2 Å². The number of hydrogen-bond donors (Lipinski definition) is 1. The van der Waals surface area contributed by atoms with Gasteiger partial charge in [-0.1, -0.05) is 36.8 Å². The lowest BCUT2D eigenvalue weighted by Gasteiger charge is -2.46. The van der Waals surface area contributed by atoms with Crippen molar-refractivity contribution >= 4 is 12.4 Å². The van der Waals surface area contributed by atoms with E-state index in [0.29, 0.717) is 12.7 Å². The molecule has 4 unspecified atom stereocenters. The van der Waals surface area contributed by atoms with Gasteiger partial charge in [0, 0.05) is 6.04 Å². The zero-order valence-electron chi connectivity index (χ0n) is 9.92. The summed E-state index contributed by atoms with van der Waals surface area (Å²) < 4.78 is 5.97. The second kappa shape index (κ2) is 5.38. The monoisotopic (exact) mass is 253 g/mol. The summed E-state index contributed by atoms with van der Waals surface area (Å²) in [6.07, 6.45) is 4.29. The third-order valence-electron chi connectivity index (χ3n) is 4.21. The van der Waals surface area contributed by atoms with Crippen LogP contribution in [0.15, 0.2) is 30.3 Å². The predicted octanol–water partition coefficient (Wildman–Crippen LogP) is 2.75. The molecule has 0 aromatic heterocycles. The summed E-state index contributed by atoms with van der Waals surface area (Å²) in [7, 11) is 0. The van der Waals surface area contributed by atoms with Crippen molar-refractivity contribution in [3.05, 3.63) is 35.9 Å². The van der Waals surface area contributed by atoms with Crippen LogP contribution in [-0.2, 0) is 11.3 Å². The molecule has 0 saturated heterocycles. The molecule has 2 nitrogen and oxygen atoms in total. The molecule has 1 aromatic carbocycles. The molecule has 0 spiro atoms. The van der Waals surface area contributed by atoms with Crippen LogP contribution in [0.3, 0.4) is 0 Å². The maximum absolute atomic E-state index is 6.15. The Morgan fingerprint density at radius 3 is 2.59 bits per heavy atom. The molecule has 17 heavy (non-hydrogen) atoms. The van der Waals surface area contributed by atoms with E-state index in [1.807, 2.05) is 6.07 Å². The normalized spacial score (nSPS) is 34.6. The molecule has 0 heterocycles. The smallest absolute Gasteiger partial charge is 0.0764 e. The van der Waals surface area contributed by atoms with Gasteiger partial charge in [-0.3, -0.25) is 0 Å². The van der Waals surface area contributed by atoms with Crippen LogP contribution in [0.2, 0.25) is 0 Å². The van der Waals surface area contributed by atoms with E-state index in [1.54, 1.807) is 0 Å². The fraction of sp³-hybridized carbons (Fsp3) is 0.571. The molecule has 0 amide bonds. The SMILES string of the molecule is Cl.NC1C2CCCC2C1OCc1ccccc1. The lowest BCUT2D eigenvalue weighted by molar-refractivity contribution is -0.0995. The largest absolute Gasteiger partial charge is 0.372 e. The van der Waals surface area contributed by atoms with E-state index >= 15 is 0 Å². The molecule has 0 aliphatic heterocycles. The molecule has 2 saturated carbocycles. The van der Waals surface area contributed by atoms with Gasteiger partial charge < -0.3 is 10.5 Å². The first-order chi connectivity index (χ1) is 7.86. The average molecular weight is 254 g/mol. The van der Waals surface area contributed by atoms with Crippen molar-refractivity contribution in [2.45, 2.75) is 38.0 Å². The molecule has 3 heteroatoms. The molecule has 2 aliphatic carbocycles. The molecule has 0 radical (unpaired) electrons. The molecule has 0 bridgehead atoms. The minimum atomic E-state index is 0. The van der Waals surface area contributed by atoms with E-state index < -0.39 is 0 Å². The molecule has 2 aliphatic rings. The number of halogens is 1. The Bertz CT molecular complexity index is 356. The summed E-state index contributed by atoms with van der Waals surface area (Å²) in [5.74, 6) is 1.50. The molecular formula is C14H20ClNO. The van der Waals surface area contributed by atoms with Gasteiger partial charge >= 0.3 is 0 Å². The quantitative estimate of drug-likeness (QED) is 0.899. The fourth-order valence-corrected chi connectivity index (χ4v) is 3.29. The van der Waals surface area contributed by atoms with Crippen LogP contribution in [0.25, 0.3) is 0 Å². The highest BCUT2D eigenvalue weighted by atomic mass is 35.5. The van der Waals surface area contributed by atoms with Crippen LogP contribution in [0.1, 0.15) is 24.8 Å². The average Bonchev–Trinajstić information content (AvgIpc) is 2.75. The second-order valence-electron chi connectivity index (χ2n) is 5.10. The van der Waals surface area contributed by atoms with Crippen molar-refractivity contribution < 1.29 is 4.74 Å². The molecule has 4 atom stereocenters. The minimum absolute atomic E-state index is 0. The molecule has 1 aromatic rings. The number of rotatable bonds is 3. The van der Waals surface area contributed by atoms with Gasteiger partial charge in [-0.2, -0.15) is 0 Å². The standard InChI is InChI=1S/C14H19NO.ClH/c15-13-11-7-4-8-12(11)14(13)16-9-10-5-2-1-3-6-10;/h1-3,5-6,11-14H,4,7-9,15H2;1H. The highest BCUT2D eigenvalue weighted by Crippen LogP contribution is 2.47. The van der Waals surface area contributed by atoms with Crippen molar-refractivity contribution in [3.8, 4) is 0 Å². The van der Waals surface area contributed by atoms with Gasteiger partial charge in [0.25, 0.3) is 0 Å². The van der Waals surface area contributed by atoms with Gasteiger partial charge in [0.15, 0.2) is 0 Å². The van der Waals surface area contributed by atoms with Gasteiger partial charge in [-0.25, -0.2) is 0 Å². The predicted molar refractivity (Wildman–Crippen MR) is 71.1 cm³/mol. The summed E-state index contributed by atoms with van der Waals surface area (Å²) in [5, 5.41) is 0. The summed E-state index contributed by atoms with van der Waals surface area (Å²) in [6, 6.07) is 10.6. The zero-order chi connectivity index (χ0) is 11.0. The Balaban J connectivity index is 0.00000108. The van der Waals surface area contributed by atoms with Crippen molar-refractivity contribution in [2.24, 2.45) is 17.6 Å². The van der Waals surface area contributed by atoms with Crippen LogP contribution < -0.4 is 5.73 Å². The van der Waals surface area contributed by atoms with E-state index in [1.165, 1.54) is 24.8 Å². The third kappa shape index (κ3) is 2.35. The maximum atomic E-state index is 6.15. The van der Waals surface area contributed by atoms with Crippen molar-refractivity contribution in [3.63, 3.8) is 0 Å². The van der Waals surface area contributed by atoms with E-state index in [0.717, 1.165) is 11.8 Å². The van der Waals surface area contributed by atoms with Crippen molar-refractivity contribution in [1.29, 1.82) is 0 Å². The first-order valence-corrected chi connectivity index (χ1v) is 6.27.